The highest BCUT2D eigenvalue weighted by molar-refractivity contribution is 6.00. The zero-order valence-electron chi connectivity index (χ0n) is 10.3. The Morgan fingerprint density at radius 2 is 2.00 bits per heavy atom. The molecule has 0 aliphatic carbocycles. The molecule has 5 nitrogen and oxygen atoms in total. The number of nitrogens with one attached hydrogen (secondary N) is 2. The van der Waals surface area contributed by atoms with Crippen LogP contribution in [0.25, 0.3) is 0 Å². The highest BCUT2D eigenvalue weighted by Gasteiger charge is 2.36. The maximum Gasteiger partial charge on any atom is 0.405 e. The van der Waals surface area contributed by atoms with Crippen molar-refractivity contribution in [2.75, 3.05) is 18.0 Å². The van der Waals surface area contributed by atoms with E-state index in [9.17, 15) is 22.8 Å². The van der Waals surface area contributed by atoms with Crippen LogP contribution in [0.2, 0.25) is 0 Å². The summed E-state index contributed by atoms with van der Waals surface area (Å²) in [6.45, 7) is -1.42. The average molecular weight is 287 g/mol. The van der Waals surface area contributed by atoms with Crippen LogP contribution in [-0.4, -0.2) is 37.2 Å². The number of anilines is 1. The molecule has 1 saturated heterocycles. The van der Waals surface area contributed by atoms with Gasteiger partial charge in [-0.2, -0.15) is 13.2 Å². The molecule has 0 bridgehead atoms. The predicted octanol–water partition coefficient (Wildman–Crippen LogP) is 1.26. The Kier molecular flexibility index (Phi) is 3.82. The molecule has 2 rings (SSSR count). The predicted molar refractivity (Wildman–Crippen MR) is 65.2 cm³/mol. The largest absolute Gasteiger partial charge is 0.405 e. The van der Waals surface area contributed by atoms with Crippen molar-refractivity contribution >= 4 is 17.6 Å². The number of halogens is 3. The second-order valence-electron chi connectivity index (χ2n) is 4.28. The van der Waals surface area contributed by atoms with Crippen molar-refractivity contribution in [1.82, 2.24) is 10.6 Å². The number of carbonyl (C=O) groups is 2. The number of alkyl halides is 3. The van der Waals surface area contributed by atoms with Crippen molar-refractivity contribution in [1.29, 1.82) is 0 Å². The van der Waals surface area contributed by atoms with Gasteiger partial charge < -0.3 is 10.6 Å². The lowest BCUT2D eigenvalue weighted by Gasteiger charge is -2.14. The summed E-state index contributed by atoms with van der Waals surface area (Å²) < 4.78 is 36.0. The highest BCUT2D eigenvalue weighted by atomic mass is 19.4. The number of amides is 3. The van der Waals surface area contributed by atoms with Gasteiger partial charge in [-0.05, 0) is 12.1 Å². The van der Waals surface area contributed by atoms with Gasteiger partial charge in [-0.15, -0.1) is 0 Å². The highest BCUT2D eigenvalue weighted by Crippen LogP contribution is 2.18. The van der Waals surface area contributed by atoms with Crippen LogP contribution >= 0.6 is 0 Å². The first-order valence-electron chi connectivity index (χ1n) is 5.84. The van der Waals surface area contributed by atoms with E-state index in [4.69, 9.17) is 0 Å². The van der Waals surface area contributed by atoms with E-state index in [2.05, 4.69) is 5.32 Å². The van der Waals surface area contributed by atoms with Crippen LogP contribution in [0.5, 0.6) is 0 Å². The summed E-state index contributed by atoms with van der Waals surface area (Å²) in [5.74, 6) is -0.853. The molecule has 1 aromatic rings. The lowest BCUT2D eigenvalue weighted by molar-refractivity contribution is -0.139. The third-order valence-electron chi connectivity index (χ3n) is 2.76. The van der Waals surface area contributed by atoms with Crippen molar-refractivity contribution in [3.8, 4) is 0 Å². The number of urea groups is 1. The molecule has 0 aromatic heterocycles. The molecule has 20 heavy (non-hydrogen) atoms. The van der Waals surface area contributed by atoms with Gasteiger partial charge in [0.1, 0.15) is 12.6 Å². The van der Waals surface area contributed by atoms with Gasteiger partial charge in [-0.3, -0.25) is 9.69 Å². The Morgan fingerprint density at radius 3 is 2.60 bits per heavy atom. The molecule has 3 amide bonds. The van der Waals surface area contributed by atoms with E-state index in [0.29, 0.717) is 5.69 Å². The van der Waals surface area contributed by atoms with Crippen molar-refractivity contribution in [3.63, 3.8) is 0 Å². The summed E-state index contributed by atoms with van der Waals surface area (Å²) in [5.41, 5.74) is 0.580. The van der Waals surface area contributed by atoms with E-state index >= 15 is 0 Å². The van der Waals surface area contributed by atoms with E-state index in [1.54, 1.807) is 35.6 Å². The zero-order chi connectivity index (χ0) is 14.8. The summed E-state index contributed by atoms with van der Waals surface area (Å²) in [5, 5.41) is 4.10. The van der Waals surface area contributed by atoms with Crippen LogP contribution in [0.15, 0.2) is 30.3 Å². The van der Waals surface area contributed by atoms with Crippen LogP contribution in [0.3, 0.4) is 0 Å². The number of hydrogen-bond donors (Lipinski definition) is 2. The van der Waals surface area contributed by atoms with E-state index in [0.717, 1.165) is 0 Å². The fourth-order valence-electron chi connectivity index (χ4n) is 1.83. The number of carbonyl (C=O) groups excluding carboxylic acids is 2. The second kappa shape index (κ2) is 5.40. The SMILES string of the molecule is O=C(NCC(F)(F)F)C1CN(c2ccccc2)C(=O)N1. The number of hydrogen-bond acceptors (Lipinski definition) is 2. The van der Waals surface area contributed by atoms with Crippen molar-refractivity contribution < 1.29 is 22.8 Å². The maximum absolute atomic E-state index is 12.0. The van der Waals surface area contributed by atoms with Crippen LogP contribution in [0, 0.1) is 0 Å². The fraction of sp³-hybridized carbons (Fsp3) is 0.333. The monoisotopic (exact) mass is 287 g/mol. The van der Waals surface area contributed by atoms with Gasteiger partial charge in [0.05, 0.1) is 6.54 Å². The molecule has 1 aliphatic rings. The summed E-state index contributed by atoms with van der Waals surface area (Å²) >= 11 is 0. The van der Waals surface area contributed by atoms with Crippen molar-refractivity contribution in [2.24, 2.45) is 0 Å². The first kappa shape index (κ1) is 14.2. The number of nitrogens with zero attached hydrogens (tertiary/aromatic N) is 1. The molecule has 1 aromatic carbocycles. The number of rotatable bonds is 3. The average Bonchev–Trinajstić information content (AvgIpc) is 2.78. The standard InChI is InChI=1S/C12H12F3N3O2/c13-12(14,15)7-16-10(19)9-6-18(11(20)17-9)8-4-2-1-3-5-8/h1-5,9H,6-7H2,(H,16,19)(H,17,20). The van der Waals surface area contributed by atoms with Gasteiger partial charge in [-0.1, -0.05) is 18.2 Å². The summed E-state index contributed by atoms with van der Waals surface area (Å²) in [6, 6.07) is 7.06. The lowest BCUT2D eigenvalue weighted by atomic mass is 10.2. The van der Waals surface area contributed by atoms with E-state index in [1.165, 1.54) is 4.90 Å². The van der Waals surface area contributed by atoms with Crippen LogP contribution in [-0.2, 0) is 4.79 Å². The molecule has 0 radical (unpaired) electrons. The second-order valence-corrected chi connectivity index (χ2v) is 4.28. The molecular weight excluding hydrogens is 275 g/mol. The van der Waals surface area contributed by atoms with Crippen LogP contribution in [0.1, 0.15) is 0 Å². The first-order chi connectivity index (χ1) is 9.37. The molecule has 8 heteroatoms. The van der Waals surface area contributed by atoms with E-state index in [-0.39, 0.29) is 6.54 Å². The summed E-state index contributed by atoms with van der Waals surface area (Å²) in [6.07, 6.45) is -4.47. The van der Waals surface area contributed by atoms with Gasteiger partial charge in [0.15, 0.2) is 0 Å². The van der Waals surface area contributed by atoms with E-state index < -0.39 is 30.7 Å². The maximum atomic E-state index is 12.0. The Bertz CT molecular complexity index is 504. The van der Waals surface area contributed by atoms with Crippen LogP contribution < -0.4 is 15.5 Å². The molecular formula is C12H12F3N3O2. The minimum atomic E-state index is -4.47. The number of benzene rings is 1. The topological polar surface area (TPSA) is 61.4 Å². The molecule has 1 unspecified atom stereocenters. The van der Waals surface area contributed by atoms with Gasteiger partial charge in [0, 0.05) is 5.69 Å². The Hall–Kier alpha value is -2.25. The Balaban J connectivity index is 1.97. The molecule has 1 aliphatic heterocycles. The van der Waals surface area contributed by atoms with Crippen LogP contribution in [0.4, 0.5) is 23.7 Å². The quantitative estimate of drug-likeness (QED) is 0.879. The Labute approximate surface area is 112 Å². The molecule has 0 spiro atoms. The van der Waals surface area contributed by atoms with Gasteiger partial charge in [-0.25, -0.2) is 4.79 Å². The molecule has 2 N–H and O–H groups in total. The minimum Gasteiger partial charge on any atom is -0.345 e. The van der Waals surface area contributed by atoms with Gasteiger partial charge in [0.2, 0.25) is 5.91 Å². The van der Waals surface area contributed by atoms with Gasteiger partial charge >= 0.3 is 12.2 Å². The molecule has 1 atom stereocenters. The molecule has 1 heterocycles. The third-order valence-corrected chi connectivity index (χ3v) is 2.76. The lowest BCUT2D eigenvalue weighted by Crippen LogP contribution is -2.45. The normalized spacial score (nSPS) is 18.9. The molecule has 0 saturated carbocycles. The third kappa shape index (κ3) is 3.40. The van der Waals surface area contributed by atoms with Gasteiger partial charge in [0.25, 0.3) is 0 Å². The smallest absolute Gasteiger partial charge is 0.345 e. The van der Waals surface area contributed by atoms with Crippen molar-refractivity contribution in [2.45, 2.75) is 12.2 Å². The Morgan fingerprint density at radius 1 is 1.35 bits per heavy atom. The zero-order valence-corrected chi connectivity index (χ0v) is 10.3. The fourth-order valence-corrected chi connectivity index (χ4v) is 1.83. The molecule has 108 valence electrons. The first-order valence-corrected chi connectivity index (χ1v) is 5.84. The summed E-state index contributed by atoms with van der Waals surface area (Å²) in [7, 11) is 0. The van der Waals surface area contributed by atoms with E-state index in [1.807, 2.05) is 0 Å². The van der Waals surface area contributed by atoms with Crippen molar-refractivity contribution in [3.05, 3.63) is 30.3 Å². The molecule has 1 fully saturated rings. The summed E-state index contributed by atoms with van der Waals surface area (Å²) in [4.78, 5) is 24.6. The number of para-hydroxylation sites is 1. The minimum absolute atomic E-state index is 0.00740.